The number of aliphatic hydroxyl groups is 1. The van der Waals surface area contributed by atoms with Crippen molar-refractivity contribution < 1.29 is 19.0 Å². The zero-order valence-corrected chi connectivity index (χ0v) is 14.6. The molecular weight excluding hydrogens is 343 g/mol. The van der Waals surface area contributed by atoms with Crippen LogP contribution in [0.15, 0.2) is 78.4 Å². The van der Waals surface area contributed by atoms with Gasteiger partial charge in [-0.3, -0.25) is 4.79 Å². The predicted octanol–water partition coefficient (Wildman–Crippen LogP) is 5.62. The standard InChI is InChI=1S/C23H17FO3/c1-14(25)21(23(26)15-7-3-2-4-8-15)22-17-9-5-6-10-19(17)27-20-12-11-16(24)13-18(20)22/h2-13,22,26H,1H3/b23-21+/t22-/m1/s1. The molecule has 3 aromatic rings. The lowest BCUT2D eigenvalue weighted by Crippen LogP contribution is -2.18. The summed E-state index contributed by atoms with van der Waals surface area (Å²) in [4.78, 5) is 12.6. The maximum absolute atomic E-state index is 14.0. The summed E-state index contributed by atoms with van der Waals surface area (Å²) in [6.07, 6.45) is 0. The molecule has 3 nitrogen and oxygen atoms in total. The molecule has 1 aliphatic heterocycles. The molecule has 0 bridgehead atoms. The third-order valence-corrected chi connectivity index (χ3v) is 4.70. The summed E-state index contributed by atoms with van der Waals surface area (Å²) in [6.45, 7) is 1.41. The number of hydrogen-bond donors (Lipinski definition) is 1. The highest BCUT2D eigenvalue weighted by molar-refractivity contribution is 6.02. The van der Waals surface area contributed by atoms with Crippen LogP contribution in [-0.2, 0) is 4.79 Å². The molecule has 0 amide bonds. The van der Waals surface area contributed by atoms with Gasteiger partial charge in [0.05, 0.1) is 0 Å². The lowest BCUT2D eigenvalue weighted by Gasteiger charge is -2.29. The van der Waals surface area contributed by atoms with Crippen molar-refractivity contribution in [2.45, 2.75) is 12.8 Å². The van der Waals surface area contributed by atoms with E-state index < -0.39 is 11.7 Å². The molecule has 1 aliphatic rings. The van der Waals surface area contributed by atoms with E-state index in [9.17, 15) is 14.3 Å². The minimum Gasteiger partial charge on any atom is -0.507 e. The summed E-state index contributed by atoms with van der Waals surface area (Å²) in [5.74, 6) is -0.392. The maximum atomic E-state index is 14.0. The van der Waals surface area contributed by atoms with Crippen LogP contribution in [-0.4, -0.2) is 10.9 Å². The van der Waals surface area contributed by atoms with Gasteiger partial charge in [0.2, 0.25) is 0 Å². The Morgan fingerprint density at radius 2 is 1.59 bits per heavy atom. The van der Waals surface area contributed by atoms with Gasteiger partial charge >= 0.3 is 0 Å². The van der Waals surface area contributed by atoms with E-state index >= 15 is 0 Å². The van der Waals surface area contributed by atoms with E-state index in [1.165, 1.54) is 19.1 Å². The monoisotopic (exact) mass is 360 g/mol. The van der Waals surface area contributed by atoms with Crippen LogP contribution in [0.5, 0.6) is 11.5 Å². The Kier molecular flexibility index (Phi) is 4.24. The van der Waals surface area contributed by atoms with Gasteiger partial charge in [0.25, 0.3) is 0 Å². The molecule has 0 aliphatic carbocycles. The zero-order valence-electron chi connectivity index (χ0n) is 14.6. The van der Waals surface area contributed by atoms with Crippen molar-refractivity contribution in [1.29, 1.82) is 0 Å². The molecule has 27 heavy (non-hydrogen) atoms. The quantitative estimate of drug-likeness (QED) is 0.487. The Morgan fingerprint density at radius 3 is 2.33 bits per heavy atom. The summed E-state index contributed by atoms with van der Waals surface area (Å²) in [6, 6.07) is 20.4. The number of halogens is 1. The van der Waals surface area contributed by atoms with E-state index in [-0.39, 0.29) is 17.1 Å². The van der Waals surface area contributed by atoms with Crippen molar-refractivity contribution >= 4 is 11.5 Å². The molecule has 0 saturated heterocycles. The van der Waals surface area contributed by atoms with Crippen molar-refractivity contribution in [3.63, 3.8) is 0 Å². The van der Waals surface area contributed by atoms with Crippen LogP contribution in [0, 0.1) is 5.82 Å². The molecule has 0 unspecified atom stereocenters. The molecule has 4 rings (SSSR count). The molecule has 0 spiro atoms. The number of carbonyl (C=O) groups excluding carboxylic acids is 1. The number of rotatable bonds is 3. The second kappa shape index (κ2) is 6.72. The number of benzene rings is 3. The number of ketones is 1. The van der Waals surface area contributed by atoms with Crippen molar-refractivity contribution in [2.24, 2.45) is 0 Å². The van der Waals surface area contributed by atoms with Crippen molar-refractivity contribution in [3.8, 4) is 11.5 Å². The van der Waals surface area contributed by atoms with E-state index in [2.05, 4.69) is 0 Å². The lowest BCUT2D eigenvalue weighted by atomic mass is 9.79. The fourth-order valence-electron chi connectivity index (χ4n) is 3.51. The number of para-hydroxylation sites is 1. The van der Waals surface area contributed by atoms with Crippen LogP contribution in [0.25, 0.3) is 5.76 Å². The van der Waals surface area contributed by atoms with E-state index in [4.69, 9.17) is 4.74 Å². The second-order valence-electron chi connectivity index (χ2n) is 6.44. The van der Waals surface area contributed by atoms with Gasteiger partial charge in [-0.05, 0) is 31.2 Å². The van der Waals surface area contributed by atoms with Gasteiger partial charge in [0.1, 0.15) is 23.1 Å². The largest absolute Gasteiger partial charge is 0.507 e. The Morgan fingerprint density at radius 1 is 0.926 bits per heavy atom. The first-order valence-corrected chi connectivity index (χ1v) is 8.62. The van der Waals surface area contributed by atoms with Gasteiger partial charge in [-0.15, -0.1) is 0 Å². The summed E-state index contributed by atoms with van der Waals surface area (Å²) < 4.78 is 19.9. The Balaban J connectivity index is 2.01. The minimum absolute atomic E-state index is 0.111. The summed E-state index contributed by atoms with van der Waals surface area (Å²) in [7, 11) is 0. The first kappa shape index (κ1) is 17.0. The molecule has 0 radical (unpaired) electrons. The molecule has 4 heteroatoms. The van der Waals surface area contributed by atoms with E-state index in [1.54, 1.807) is 36.4 Å². The molecule has 1 N–H and O–H groups in total. The highest BCUT2D eigenvalue weighted by Crippen LogP contribution is 2.48. The van der Waals surface area contributed by atoms with Crippen LogP contribution in [0.4, 0.5) is 4.39 Å². The number of fused-ring (bicyclic) bond motifs is 2. The lowest BCUT2D eigenvalue weighted by molar-refractivity contribution is -0.113. The molecule has 1 heterocycles. The van der Waals surface area contributed by atoms with Crippen LogP contribution >= 0.6 is 0 Å². The van der Waals surface area contributed by atoms with E-state index in [0.29, 0.717) is 28.2 Å². The SMILES string of the molecule is CC(=O)/C(=C(\O)c1ccccc1)[C@@H]1c2ccccc2Oc2ccc(F)cc21. The molecule has 0 aromatic heterocycles. The second-order valence-corrected chi connectivity index (χ2v) is 6.44. The number of carbonyl (C=O) groups is 1. The maximum Gasteiger partial charge on any atom is 0.160 e. The molecule has 1 atom stereocenters. The fourth-order valence-corrected chi connectivity index (χ4v) is 3.51. The number of hydrogen-bond acceptors (Lipinski definition) is 3. The number of Topliss-reactive ketones (excluding diaryl/α,β-unsaturated/α-hetero) is 1. The molecule has 134 valence electrons. The number of ether oxygens (including phenoxy) is 1. The van der Waals surface area contributed by atoms with Crippen LogP contribution < -0.4 is 4.74 Å². The van der Waals surface area contributed by atoms with Gasteiger partial charge in [-0.25, -0.2) is 4.39 Å². The van der Waals surface area contributed by atoms with Crippen molar-refractivity contribution in [3.05, 3.63) is 101 Å². The summed E-state index contributed by atoms with van der Waals surface area (Å²) in [5, 5.41) is 10.9. The summed E-state index contributed by atoms with van der Waals surface area (Å²) in [5.41, 5.74) is 1.97. The van der Waals surface area contributed by atoms with Crippen molar-refractivity contribution in [1.82, 2.24) is 0 Å². The van der Waals surface area contributed by atoms with Gasteiger partial charge in [-0.2, -0.15) is 0 Å². The van der Waals surface area contributed by atoms with Crippen molar-refractivity contribution in [2.75, 3.05) is 0 Å². The van der Waals surface area contributed by atoms with Gasteiger partial charge < -0.3 is 9.84 Å². The summed E-state index contributed by atoms with van der Waals surface area (Å²) >= 11 is 0. The average Bonchev–Trinajstić information content (AvgIpc) is 2.68. The van der Waals surface area contributed by atoms with E-state index in [0.717, 1.165) is 0 Å². The fraction of sp³-hybridized carbons (Fsp3) is 0.0870. The highest BCUT2D eigenvalue weighted by atomic mass is 19.1. The Hall–Kier alpha value is -3.40. The molecular formula is C23H17FO3. The molecule has 0 saturated carbocycles. The van der Waals surface area contributed by atoms with Crippen LogP contribution in [0.1, 0.15) is 29.5 Å². The molecule has 3 aromatic carbocycles. The Labute approximate surface area is 156 Å². The minimum atomic E-state index is -0.627. The number of aliphatic hydroxyl groups excluding tert-OH is 1. The third-order valence-electron chi connectivity index (χ3n) is 4.70. The van der Waals surface area contributed by atoms with Crippen LogP contribution in [0.2, 0.25) is 0 Å². The first-order valence-electron chi connectivity index (χ1n) is 8.62. The van der Waals surface area contributed by atoms with Gasteiger partial charge in [0, 0.05) is 28.2 Å². The Bertz CT molecular complexity index is 1050. The predicted molar refractivity (Wildman–Crippen MR) is 101 cm³/mol. The highest BCUT2D eigenvalue weighted by Gasteiger charge is 2.34. The number of allylic oxidation sites excluding steroid dienone is 1. The van der Waals surface area contributed by atoms with Crippen LogP contribution in [0.3, 0.4) is 0 Å². The molecule has 0 fully saturated rings. The average molecular weight is 360 g/mol. The topological polar surface area (TPSA) is 46.5 Å². The third kappa shape index (κ3) is 2.99. The van der Waals surface area contributed by atoms with E-state index in [1.807, 2.05) is 24.3 Å². The van der Waals surface area contributed by atoms with Gasteiger partial charge in [0.15, 0.2) is 5.78 Å². The smallest absolute Gasteiger partial charge is 0.160 e. The zero-order chi connectivity index (χ0) is 19.0. The normalized spacial score (nSPS) is 15.9. The van der Waals surface area contributed by atoms with Gasteiger partial charge in [-0.1, -0.05) is 48.5 Å². The first-order chi connectivity index (χ1) is 13.1.